The van der Waals surface area contributed by atoms with Gasteiger partial charge in [0.2, 0.25) is 0 Å². The van der Waals surface area contributed by atoms with Gasteiger partial charge in [-0.2, -0.15) is 0 Å². The molecule has 2 aromatic rings. The molecule has 2 aromatic carbocycles. The lowest BCUT2D eigenvalue weighted by atomic mass is 9.96. The Labute approximate surface area is 173 Å². The molecule has 0 spiro atoms. The predicted octanol–water partition coefficient (Wildman–Crippen LogP) is 5.56. The number of hydrogen-bond acceptors (Lipinski definition) is 2. The van der Waals surface area contributed by atoms with Gasteiger partial charge < -0.3 is 10.2 Å². The first-order chi connectivity index (χ1) is 13.6. The Bertz CT molecular complexity index is 814. The van der Waals surface area contributed by atoms with Crippen LogP contribution in [0.2, 0.25) is 5.02 Å². The van der Waals surface area contributed by atoms with E-state index < -0.39 is 0 Å². The average molecular weight is 397 g/mol. The van der Waals surface area contributed by atoms with Crippen molar-refractivity contribution in [2.24, 2.45) is 0 Å². The third-order valence-electron chi connectivity index (χ3n) is 6.29. The molecule has 3 unspecified atom stereocenters. The molecule has 3 atom stereocenters. The van der Waals surface area contributed by atoms with Crippen molar-refractivity contribution < 1.29 is 4.79 Å². The van der Waals surface area contributed by atoms with E-state index in [4.69, 9.17) is 11.6 Å². The molecular weight excluding hydrogens is 368 g/mol. The van der Waals surface area contributed by atoms with Crippen LogP contribution in [-0.4, -0.2) is 29.9 Å². The van der Waals surface area contributed by atoms with E-state index in [0.29, 0.717) is 18.0 Å². The molecule has 28 heavy (non-hydrogen) atoms. The lowest BCUT2D eigenvalue weighted by Gasteiger charge is -2.20. The highest BCUT2D eigenvalue weighted by Gasteiger charge is 2.27. The number of halogens is 1. The van der Waals surface area contributed by atoms with Crippen molar-refractivity contribution in [1.29, 1.82) is 0 Å². The SMILES string of the molecule is CC(NC1CCC(c2ccc(C(=O)N3CCCC3)cc2)C1)c1cccc(Cl)c1. The maximum Gasteiger partial charge on any atom is 0.253 e. The molecule has 1 aliphatic carbocycles. The molecule has 3 nitrogen and oxygen atoms in total. The normalized spacial score (nSPS) is 23.1. The molecule has 148 valence electrons. The summed E-state index contributed by atoms with van der Waals surface area (Å²) in [5.41, 5.74) is 3.42. The van der Waals surface area contributed by atoms with Gasteiger partial charge in [-0.3, -0.25) is 4.79 Å². The van der Waals surface area contributed by atoms with Gasteiger partial charge >= 0.3 is 0 Å². The zero-order valence-corrected chi connectivity index (χ0v) is 17.3. The summed E-state index contributed by atoms with van der Waals surface area (Å²) in [6, 6.07) is 17.3. The number of nitrogens with zero attached hydrogens (tertiary/aromatic N) is 1. The van der Waals surface area contributed by atoms with Gasteiger partial charge in [-0.05, 0) is 80.3 Å². The van der Waals surface area contributed by atoms with Crippen LogP contribution in [-0.2, 0) is 0 Å². The summed E-state index contributed by atoms with van der Waals surface area (Å²) in [6.45, 7) is 4.01. The fourth-order valence-electron chi connectivity index (χ4n) is 4.66. The molecule has 1 heterocycles. The predicted molar refractivity (Wildman–Crippen MR) is 115 cm³/mol. The minimum atomic E-state index is 0.186. The fraction of sp³-hybridized carbons (Fsp3) is 0.458. The largest absolute Gasteiger partial charge is 0.339 e. The fourth-order valence-corrected chi connectivity index (χ4v) is 4.86. The molecule has 1 amide bonds. The topological polar surface area (TPSA) is 32.3 Å². The molecule has 2 fully saturated rings. The van der Waals surface area contributed by atoms with Gasteiger partial charge in [-0.25, -0.2) is 0 Å². The summed E-state index contributed by atoms with van der Waals surface area (Å²) in [6.07, 6.45) is 5.79. The van der Waals surface area contributed by atoms with Crippen LogP contribution in [0.5, 0.6) is 0 Å². The zero-order chi connectivity index (χ0) is 19.5. The molecule has 1 N–H and O–H groups in total. The van der Waals surface area contributed by atoms with Crippen molar-refractivity contribution in [3.05, 3.63) is 70.2 Å². The number of benzene rings is 2. The number of likely N-dealkylation sites (tertiary alicyclic amines) is 1. The van der Waals surface area contributed by atoms with Gasteiger partial charge in [0.05, 0.1) is 0 Å². The zero-order valence-electron chi connectivity index (χ0n) is 16.5. The lowest BCUT2D eigenvalue weighted by Crippen LogP contribution is -2.29. The minimum absolute atomic E-state index is 0.186. The van der Waals surface area contributed by atoms with Crippen LogP contribution in [0.1, 0.15) is 72.5 Å². The Morgan fingerprint density at radius 1 is 1.11 bits per heavy atom. The second-order valence-corrected chi connectivity index (χ2v) is 8.71. The van der Waals surface area contributed by atoms with E-state index in [-0.39, 0.29) is 5.91 Å². The smallest absolute Gasteiger partial charge is 0.253 e. The molecule has 1 saturated carbocycles. The van der Waals surface area contributed by atoms with Crippen LogP contribution >= 0.6 is 11.6 Å². The summed E-state index contributed by atoms with van der Waals surface area (Å²) in [5, 5.41) is 4.56. The molecule has 4 heteroatoms. The van der Waals surface area contributed by atoms with E-state index in [1.165, 1.54) is 24.0 Å². The second-order valence-electron chi connectivity index (χ2n) is 8.27. The van der Waals surface area contributed by atoms with Gasteiger partial charge in [0.1, 0.15) is 0 Å². The average Bonchev–Trinajstić information content (AvgIpc) is 3.40. The summed E-state index contributed by atoms with van der Waals surface area (Å²) >= 11 is 6.13. The highest BCUT2D eigenvalue weighted by Crippen LogP contribution is 2.35. The highest BCUT2D eigenvalue weighted by molar-refractivity contribution is 6.30. The number of amides is 1. The van der Waals surface area contributed by atoms with E-state index in [9.17, 15) is 4.79 Å². The summed E-state index contributed by atoms with van der Waals surface area (Å²) < 4.78 is 0. The maximum absolute atomic E-state index is 12.5. The maximum atomic E-state index is 12.5. The highest BCUT2D eigenvalue weighted by atomic mass is 35.5. The molecule has 0 bridgehead atoms. The van der Waals surface area contributed by atoms with Crippen LogP contribution in [0.4, 0.5) is 0 Å². The quantitative estimate of drug-likeness (QED) is 0.717. The Kier molecular flexibility index (Phi) is 6.03. The Morgan fingerprint density at radius 2 is 1.86 bits per heavy atom. The Morgan fingerprint density at radius 3 is 2.57 bits per heavy atom. The van der Waals surface area contributed by atoms with Crippen LogP contribution in [0.15, 0.2) is 48.5 Å². The van der Waals surface area contributed by atoms with E-state index in [1.807, 2.05) is 35.2 Å². The third kappa shape index (κ3) is 4.42. The van der Waals surface area contributed by atoms with Gasteiger partial charge in [0, 0.05) is 35.8 Å². The van der Waals surface area contributed by atoms with E-state index >= 15 is 0 Å². The van der Waals surface area contributed by atoms with Crippen molar-refractivity contribution in [2.75, 3.05) is 13.1 Å². The van der Waals surface area contributed by atoms with Crippen LogP contribution in [0.3, 0.4) is 0 Å². The molecule has 0 aromatic heterocycles. The Hall–Kier alpha value is -1.84. The van der Waals surface area contributed by atoms with Crippen LogP contribution in [0.25, 0.3) is 0 Å². The molecule has 1 aliphatic heterocycles. The molecule has 1 saturated heterocycles. The summed E-state index contributed by atoms with van der Waals surface area (Å²) in [4.78, 5) is 14.5. The van der Waals surface area contributed by atoms with Crippen molar-refractivity contribution in [1.82, 2.24) is 10.2 Å². The van der Waals surface area contributed by atoms with Crippen molar-refractivity contribution in [2.45, 2.75) is 57.0 Å². The first-order valence-corrected chi connectivity index (χ1v) is 10.9. The molecule has 4 rings (SSSR count). The van der Waals surface area contributed by atoms with Crippen molar-refractivity contribution >= 4 is 17.5 Å². The minimum Gasteiger partial charge on any atom is -0.339 e. The lowest BCUT2D eigenvalue weighted by molar-refractivity contribution is 0.0793. The molecule has 2 aliphatic rings. The van der Waals surface area contributed by atoms with Gasteiger partial charge in [0.25, 0.3) is 5.91 Å². The number of carbonyl (C=O) groups excluding carboxylic acids is 1. The number of nitrogens with one attached hydrogen (secondary N) is 1. The number of rotatable bonds is 5. The van der Waals surface area contributed by atoms with Crippen LogP contribution in [0, 0.1) is 0 Å². The first kappa shape index (κ1) is 19.5. The Balaban J connectivity index is 1.34. The van der Waals surface area contributed by atoms with Gasteiger partial charge in [0.15, 0.2) is 0 Å². The van der Waals surface area contributed by atoms with Crippen molar-refractivity contribution in [3.8, 4) is 0 Å². The summed E-state index contributed by atoms with van der Waals surface area (Å²) in [7, 11) is 0. The molecular formula is C24H29ClN2O. The third-order valence-corrected chi connectivity index (χ3v) is 6.52. The monoisotopic (exact) mass is 396 g/mol. The standard InChI is InChI=1S/C24H29ClN2O/c1-17(20-5-4-6-22(25)15-20)26-23-12-11-21(16-23)18-7-9-19(10-8-18)24(28)27-13-2-3-14-27/h4-10,15,17,21,23,26H,2-3,11-14,16H2,1H3. The number of hydrogen-bond donors (Lipinski definition) is 1. The van der Waals surface area contributed by atoms with E-state index in [0.717, 1.165) is 42.9 Å². The van der Waals surface area contributed by atoms with E-state index in [2.05, 4.69) is 30.4 Å². The molecule has 0 radical (unpaired) electrons. The second kappa shape index (κ2) is 8.67. The van der Waals surface area contributed by atoms with Gasteiger partial charge in [-0.15, -0.1) is 0 Å². The first-order valence-electron chi connectivity index (χ1n) is 10.5. The van der Waals surface area contributed by atoms with E-state index in [1.54, 1.807) is 0 Å². The van der Waals surface area contributed by atoms with Gasteiger partial charge in [-0.1, -0.05) is 35.9 Å². The van der Waals surface area contributed by atoms with Crippen molar-refractivity contribution in [3.63, 3.8) is 0 Å². The summed E-state index contributed by atoms with van der Waals surface area (Å²) in [5.74, 6) is 0.755. The number of carbonyl (C=O) groups is 1. The van der Waals surface area contributed by atoms with Crippen LogP contribution < -0.4 is 5.32 Å².